The van der Waals surface area contributed by atoms with Crippen molar-refractivity contribution >= 4 is 27.5 Å². The van der Waals surface area contributed by atoms with E-state index in [1.165, 1.54) is 6.07 Å². The summed E-state index contributed by atoms with van der Waals surface area (Å²) in [6.07, 6.45) is 3.60. The number of ether oxygens (including phenoxy) is 2. The van der Waals surface area contributed by atoms with Gasteiger partial charge in [-0.15, -0.1) is 4.40 Å². The number of hydrogen-bond donors (Lipinski definition) is 1. The summed E-state index contributed by atoms with van der Waals surface area (Å²) in [7, 11) is -3.84. The van der Waals surface area contributed by atoms with Gasteiger partial charge in [0.2, 0.25) is 6.79 Å². The zero-order chi connectivity index (χ0) is 21.6. The Labute approximate surface area is 180 Å². The average Bonchev–Trinajstić information content (AvgIpc) is 3.10. The minimum Gasteiger partial charge on any atom is -0.454 e. The molecule has 1 unspecified atom stereocenters. The zero-order valence-electron chi connectivity index (χ0n) is 17.1. The van der Waals surface area contributed by atoms with E-state index in [1.54, 1.807) is 12.1 Å². The molecule has 1 atom stereocenters. The molecular formula is C22H23N3O5S. The fraction of sp³-hybridized carbons (Fsp3) is 0.364. The number of carbonyl (C=O) groups is 1. The van der Waals surface area contributed by atoms with E-state index in [1.807, 2.05) is 30.0 Å². The van der Waals surface area contributed by atoms with E-state index in [2.05, 4.69) is 9.71 Å². The van der Waals surface area contributed by atoms with Crippen LogP contribution in [0.5, 0.6) is 11.5 Å². The third-order valence-corrected chi connectivity index (χ3v) is 7.19. The molecule has 0 spiro atoms. The number of nitrogens with zero attached hydrogens (tertiary/aromatic N) is 2. The van der Waals surface area contributed by atoms with Crippen LogP contribution in [0.15, 0.2) is 45.7 Å². The van der Waals surface area contributed by atoms with Gasteiger partial charge < -0.3 is 19.7 Å². The standard InChI is InChI=1S/C22H23N3O5S/c1-14(15-7-9-18-19(11-15)30-13-29-18)23-22(26)16-6-8-17-20(12-16)31(27,28)24-21-5-3-2-4-10-25(17)21/h6-9,11-12,14H,2-5,10,13H2,1H3,(H,23,26). The van der Waals surface area contributed by atoms with Crippen molar-refractivity contribution in [3.05, 3.63) is 47.5 Å². The zero-order valence-corrected chi connectivity index (χ0v) is 17.9. The second-order valence-electron chi connectivity index (χ2n) is 7.94. The van der Waals surface area contributed by atoms with Crippen LogP contribution in [0.3, 0.4) is 0 Å². The lowest BCUT2D eigenvalue weighted by atomic mass is 10.1. The quantitative estimate of drug-likeness (QED) is 0.784. The molecule has 1 N–H and O–H groups in total. The Bertz CT molecular complexity index is 1190. The normalized spacial score (nSPS) is 19.5. The van der Waals surface area contributed by atoms with Gasteiger partial charge in [-0.25, -0.2) is 0 Å². The summed E-state index contributed by atoms with van der Waals surface area (Å²) in [6.45, 7) is 2.77. The van der Waals surface area contributed by atoms with Gasteiger partial charge in [0.15, 0.2) is 11.5 Å². The minimum atomic E-state index is -3.84. The predicted molar refractivity (Wildman–Crippen MR) is 115 cm³/mol. The molecule has 2 aromatic rings. The van der Waals surface area contributed by atoms with Crippen LogP contribution in [-0.2, 0) is 10.0 Å². The molecule has 1 fully saturated rings. The lowest BCUT2D eigenvalue weighted by Crippen LogP contribution is -2.35. The minimum absolute atomic E-state index is 0.0848. The van der Waals surface area contributed by atoms with Gasteiger partial charge >= 0.3 is 0 Å². The maximum atomic E-state index is 12.9. The molecule has 3 aliphatic rings. The molecule has 0 aromatic heterocycles. The lowest BCUT2D eigenvalue weighted by Gasteiger charge is -2.29. The highest BCUT2D eigenvalue weighted by Crippen LogP contribution is 2.36. The third-order valence-electron chi connectivity index (χ3n) is 5.85. The van der Waals surface area contributed by atoms with Crippen LogP contribution in [0.25, 0.3) is 0 Å². The van der Waals surface area contributed by atoms with Crippen LogP contribution in [0.4, 0.5) is 5.69 Å². The molecule has 1 saturated heterocycles. The van der Waals surface area contributed by atoms with Crippen LogP contribution in [0.1, 0.15) is 54.6 Å². The van der Waals surface area contributed by atoms with Gasteiger partial charge in [0.25, 0.3) is 15.9 Å². The summed E-state index contributed by atoms with van der Waals surface area (Å²) in [5.74, 6) is 1.56. The number of fused-ring (bicyclic) bond motifs is 4. The van der Waals surface area contributed by atoms with E-state index in [9.17, 15) is 13.2 Å². The second kappa shape index (κ2) is 7.56. The average molecular weight is 442 g/mol. The van der Waals surface area contributed by atoms with Crippen molar-refractivity contribution < 1.29 is 22.7 Å². The SMILES string of the molecule is CC(NC(=O)c1ccc2c(c1)S(=O)(=O)N=C1CCCCCN12)c1ccc2c(c1)OCO2. The molecule has 3 aliphatic heterocycles. The molecule has 0 bridgehead atoms. The Balaban J connectivity index is 1.40. The first-order chi connectivity index (χ1) is 14.9. The number of anilines is 1. The third kappa shape index (κ3) is 3.63. The van der Waals surface area contributed by atoms with Crippen molar-refractivity contribution in [2.24, 2.45) is 4.40 Å². The number of sulfonamides is 1. The van der Waals surface area contributed by atoms with Crippen molar-refractivity contribution in [3.8, 4) is 11.5 Å². The fourth-order valence-corrected chi connectivity index (χ4v) is 5.45. The maximum Gasteiger partial charge on any atom is 0.286 e. The van der Waals surface area contributed by atoms with Gasteiger partial charge in [-0.05, 0) is 55.7 Å². The van der Waals surface area contributed by atoms with E-state index in [4.69, 9.17) is 9.47 Å². The van der Waals surface area contributed by atoms with Crippen molar-refractivity contribution in [2.75, 3.05) is 18.2 Å². The summed E-state index contributed by atoms with van der Waals surface area (Å²) >= 11 is 0. The van der Waals surface area contributed by atoms with Crippen molar-refractivity contribution in [3.63, 3.8) is 0 Å². The highest BCUT2D eigenvalue weighted by Gasteiger charge is 2.32. The Morgan fingerprint density at radius 3 is 2.81 bits per heavy atom. The topological polar surface area (TPSA) is 97.3 Å². The molecule has 0 radical (unpaired) electrons. The number of benzene rings is 2. The number of nitrogens with one attached hydrogen (secondary N) is 1. The van der Waals surface area contributed by atoms with Gasteiger partial charge in [-0.3, -0.25) is 4.79 Å². The number of amidine groups is 1. The van der Waals surface area contributed by atoms with Crippen molar-refractivity contribution in [1.29, 1.82) is 0 Å². The molecule has 31 heavy (non-hydrogen) atoms. The smallest absolute Gasteiger partial charge is 0.286 e. The molecule has 8 nitrogen and oxygen atoms in total. The molecular weight excluding hydrogens is 418 g/mol. The monoisotopic (exact) mass is 441 g/mol. The highest BCUT2D eigenvalue weighted by molar-refractivity contribution is 7.90. The Morgan fingerprint density at radius 1 is 1.10 bits per heavy atom. The Kier molecular flexibility index (Phi) is 4.85. The summed E-state index contributed by atoms with van der Waals surface area (Å²) in [4.78, 5) is 14.9. The van der Waals surface area contributed by atoms with Gasteiger partial charge in [0.05, 0.1) is 11.7 Å². The number of hydrogen-bond acceptors (Lipinski definition) is 6. The Hall–Kier alpha value is -3.07. The van der Waals surface area contributed by atoms with Crippen LogP contribution in [0.2, 0.25) is 0 Å². The first-order valence-corrected chi connectivity index (χ1v) is 11.8. The van der Waals surface area contributed by atoms with E-state index < -0.39 is 10.0 Å². The van der Waals surface area contributed by atoms with Crippen molar-refractivity contribution in [1.82, 2.24) is 5.32 Å². The molecule has 1 amide bonds. The molecule has 3 heterocycles. The van der Waals surface area contributed by atoms with Gasteiger partial charge in [0, 0.05) is 18.5 Å². The van der Waals surface area contributed by atoms with E-state index in [0.29, 0.717) is 29.4 Å². The van der Waals surface area contributed by atoms with Crippen LogP contribution in [0, 0.1) is 0 Å². The summed E-state index contributed by atoms with van der Waals surface area (Å²) in [5, 5.41) is 2.92. The number of rotatable bonds is 3. The van der Waals surface area contributed by atoms with E-state index in [0.717, 1.165) is 31.4 Å². The van der Waals surface area contributed by atoms with Gasteiger partial charge in [-0.2, -0.15) is 8.42 Å². The molecule has 0 aliphatic carbocycles. The molecule has 9 heteroatoms. The highest BCUT2D eigenvalue weighted by atomic mass is 32.2. The number of carbonyl (C=O) groups excluding carboxylic acids is 1. The lowest BCUT2D eigenvalue weighted by molar-refractivity contribution is 0.0939. The first-order valence-electron chi connectivity index (χ1n) is 10.4. The molecule has 0 saturated carbocycles. The van der Waals surface area contributed by atoms with Crippen LogP contribution >= 0.6 is 0 Å². The van der Waals surface area contributed by atoms with Crippen molar-refractivity contribution in [2.45, 2.75) is 43.5 Å². The summed E-state index contributed by atoms with van der Waals surface area (Å²) in [5.41, 5.74) is 1.75. The summed E-state index contributed by atoms with van der Waals surface area (Å²) < 4.78 is 40.3. The van der Waals surface area contributed by atoms with E-state index >= 15 is 0 Å². The summed E-state index contributed by atoms with van der Waals surface area (Å²) in [6, 6.07) is 10.0. The van der Waals surface area contributed by atoms with Gasteiger partial charge in [-0.1, -0.05) is 12.5 Å². The van der Waals surface area contributed by atoms with Crippen LogP contribution in [-0.4, -0.2) is 33.5 Å². The largest absolute Gasteiger partial charge is 0.454 e. The first kappa shape index (κ1) is 19.9. The fourth-order valence-electron chi connectivity index (χ4n) is 4.17. The molecule has 162 valence electrons. The van der Waals surface area contributed by atoms with Gasteiger partial charge in [0.1, 0.15) is 10.7 Å². The molecule has 5 rings (SSSR count). The maximum absolute atomic E-state index is 12.9. The Morgan fingerprint density at radius 2 is 1.94 bits per heavy atom. The predicted octanol–water partition coefficient (Wildman–Crippen LogP) is 3.39. The number of amides is 1. The molecule has 2 aromatic carbocycles. The second-order valence-corrected chi connectivity index (χ2v) is 9.51. The van der Waals surface area contributed by atoms with Crippen LogP contribution < -0.4 is 19.7 Å². The van der Waals surface area contributed by atoms with E-state index in [-0.39, 0.29) is 29.2 Å².